The molecule has 7 heteroatoms. The van der Waals surface area contributed by atoms with Crippen LogP contribution in [0.1, 0.15) is 12.5 Å². The van der Waals surface area contributed by atoms with Gasteiger partial charge in [0.25, 0.3) is 0 Å². The molecule has 2 aromatic carbocycles. The molecule has 1 aliphatic rings. The minimum Gasteiger partial charge on any atom is -0.383 e. The zero-order chi connectivity index (χ0) is 19.3. The molecule has 3 aromatic rings. The quantitative estimate of drug-likeness (QED) is 0.518. The van der Waals surface area contributed by atoms with Crippen LogP contribution in [0, 0.1) is 0 Å². The topological polar surface area (TPSA) is 74.3 Å². The summed E-state index contributed by atoms with van der Waals surface area (Å²) in [5, 5.41) is 11.4. The molecule has 0 aliphatic carbocycles. The number of methoxy groups -OCH3 is 1. The van der Waals surface area contributed by atoms with Crippen LogP contribution >= 0.6 is 0 Å². The van der Waals surface area contributed by atoms with Crippen molar-refractivity contribution < 1.29 is 4.74 Å². The third-order valence-electron chi connectivity index (χ3n) is 5.02. The molecule has 0 fully saturated rings. The fourth-order valence-electron chi connectivity index (χ4n) is 3.50. The first-order chi connectivity index (χ1) is 13.8. The Morgan fingerprint density at radius 2 is 2.07 bits per heavy atom. The first-order valence-corrected chi connectivity index (χ1v) is 9.62. The summed E-state index contributed by atoms with van der Waals surface area (Å²) in [5.74, 6) is 0.844. The number of nitrogens with one attached hydrogen (secondary N) is 3. The van der Waals surface area contributed by atoms with Gasteiger partial charge in [0, 0.05) is 37.8 Å². The number of para-hydroxylation sites is 1. The SMILES string of the molecule is CCN1CNc2cc3c(NCc4ccccc4NCCOC)ncnc3cc21. The van der Waals surface area contributed by atoms with E-state index in [1.54, 1.807) is 13.4 Å². The fourth-order valence-corrected chi connectivity index (χ4v) is 3.50. The van der Waals surface area contributed by atoms with Crippen LogP contribution < -0.4 is 20.9 Å². The minimum atomic E-state index is 0.672. The van der Waals surface area contributed by atoms with Gasteiger partial charge in [-0.05, 0) is 30.7 Å². The molecular formula is C21H26N6O. The summed E-state index contributed by atoms with van der Waals surface area (Å²) in [6.07, 6.45) is 1.62. The van der Waals surface area contributed by atoms with Crippen LogP contribution in [0.5, 0.6) is 0 Å². The molecule has 0 amide bonds. The Bertz CT molecular complexity index is 961. The Kier molecular flexibility index (Phi) is 5.43. The van der Waals surface area contributed by atoms with E-state index in [2.05, 4.69) is 62.0 Å². The van der Waals surface area contributed by atoms with E-state index in [0.29, 0.717) is 13.2 Å². The zero-order valence-electron chi connectivity index (χ0n) is 16.3. The number of fused-ring (bicyclic) bond motifs is 2. The van der Waals surface area contributed by atoms with Crippen molar-refractivity contribution in [1.29, 1.82) is 0 Å². The summed E-state index contributed by atoms with van der Waals surface area (Å²) in [4.78, 5) is 11.3. The van der Waals surface area contributed by atoms with Crippen molar-refractivity contribution in [3.63, 3.8) is 0 Å². The van der Waals surface area contributed by atoms with Crippen molar-refractivity contribution in [1.82, 2.24) is 9.97 Å². The van der Waals surface area contributed by atoms with Gasteiger partial charge in [0.1, 0.15) is 12.1 Å². The fraction of sp³-hybridized carbons (Fsp3) is 0.333. The highest BCUT2D eigenvalue weighted by atomic mass is 16.5. The second kappa shape index (κ2) is 8.31. The van der Waals surface area contributed by atoms with Crippen molar-refractivity contribution in [2.45, 2.75) is 13.5 Å². The number of anilines is 4. The van der Waals surface area contributed by atoms with Crippen LogP contribution in [0.3, 0.4) is 0 Å². The molecule has 0 saturated heterocycles. The molecule has 1 aliphatic heterocycles. The van der Waals surface area contributed by atoms with Crippen molar-refractivity contribution in [3.05, 3.63) is 48.3 Å². The standard InChI is InChI=1S/C21H26N6O/c1-3-27-14-26-19-10-16-18(11-20(19)27)24-13-25-21(16)23-12-15-6-4-5-7-17(15)22-8-9-28-2/h4-7,10-11,13,22,26H,3,8-9,12,14H2,1-2H3,(H,23,24,25). The smallest absolute Gasteiger partial charge is 0.137 e. The largest absolute Gasteiger partial charge is 0.383 e. The number of rotatable bonds is 8. The summed E-state index contributed by atoms with van der Waals surface area (Å²) in [6.45, 7) is 6.08. The monoisotopic (exact) mass is 378 g/mol. The molecular weight excluding hydrogens is 352 g/mol. The number of ether oxygens (including phenoxy) is 1. The molecule has 7 nitrogen and oxygen atoms in total. The van der Waals surface area contributed by atoms with E-state index >= 15 is 0 Å². The number of hydrogen-bond donors (Lipinski definition) is 3. The van der Waals surface area contributed by atoms with Gasteiger partial charge in [-0.25, -0.2) is 9.97 Å². The van der Waals surface area contributed by atoms with Gasteiger partial charge in [0.15, 0.2) is 0 Å². The lowest BCUT2D eigenvalue weighted by Crippen LogP contribution is -2.21. The van der Waals surface area contributed by atoms with Gasteiger partial charge in [-0.3, -0.25) is 0 Å². The Morgan fingerprint density at radius 3 is 2.93 bits per heavy atom. The Balaban J connectivity index is 1.56. The normalized spacial score (nSPS) is 12.7. The molecule has 0 saturated carbocycles. The van der Waals surface area contributed by atoms with Crippen molar-refractivity contribution >= 4 is 33.8 Å². The molecule has 0 bridgehead atoms. The number of benzene rings is 2. The highest BCUT2D eigenvalue weighted by molar-refractivity contribution is 5.97. The van der Waals surface area contributed by atoms with Crippen molar-refractivity contribution in [2.75, 3.05) is 54.3 Å². The predicted molar refractivity (Wildman–Crippen MR) is 115 cm³/mol. The van der Waals surface area contributed by atoms with E-state index in [1.165, 1.54) is 11.3 Å². The van der Waals surface area contributed by atoms with Gasteiger partial charge in [-0.15, -0.1) is 0 Å². The molecule has 2 heterocycles. The van der Waals surface area contributed by atoms with Crippen LogP contribution in [-0.2, 0) is 11.3 Å². The molecule has 0 unspecified atom stereocenters. The molecule has 0 atom stereocenters. The third-order valence-corrected chi connectivity index (χ3v) is 5.02. The van der Waals surface area contributed by atoms with Crippen LogP contribution in [0.2, 0.25) is 0 Å². The first-order valence-electron chi connectivity index (χ1n) is 9.62. The van der Waals surface area contributed by atoms with Gasteiger partial charge < -0.3 is 25.6 Å². The first kappa shape index (κ1) is 18.3. The van der Waals surface area contributed by atoms with Gasteiger partial charge >= 0.3 is 0 Å². The molecule has 146 valence electrons. The maximum absolute atomic E-state index is 5.13. The zero-order valence-corrected chi connectivity index (χ0v) is 16.3. The summed E-state index contributed by atoms with van der Waals surface area (Å²) in [7, 11) is 1.71. The van der Waals surface area contributed by atoms with E-state index in [4.69, 9.17) is 4.74 Å². The molecule has 3 N–H and O–H groups in total. The molecule has 4 rings (SSSR count). The van der Waals surface area contributed by atoms with Crippen LogP contribution in [0.15, 0.2) is 42.7 Å². The highest BCUT2D eigenvalue weighted by Gasteiger charge is 2.19. The Morgan fingerprint density at radius 1 is 1.18 bits per heavy atom. The van der Waals surface area contributed by atoms with Gasteiger partial charge in [-0.2, -0.15) is 0 Å². The van der Waals surface area contributed by atoms with E-state index in [-0.39, 0.29) is 0 Å². The molecule has 0 radical (unpaired) electrons. The van der Waals surface area contributed by atoms with E-state index in [0.717, 1.165) is 47.9 Å². The maximum Gasteiger partial charge on any atom is 0.137 e. The van der Waals surface area contributed by atoms with Crippen molar-refractivity contribution in [2.24, 2.45) is 0 Å². The Labute approximate surface area is 165 Å². The number of nitrogens with zero attached hydrogens (tertiary/aromatic N) is 3. The van der Waals surface area contributed by atoms with E-state index in [1.807, 2.05) is 12.1 Å². The second-order valence-corrected chi connectivity index (χ2v) is 6.73. The van der Waals surface area contributed by atoms with Crippen LogP contribution in [-0.4, -0.2) is 43.4 Å². The van der Waals surface area contributed by atoms with Crippen LogP contribution in [0.4, 0.5) is 22.9 Å². The molecule has 1 aromatic heterocycles. The minimum absolute atomic E-state index is 0.672. The van der Waals surface area contributed by atoms with Gasteiger partial charge in [0.2, 0.25) is 0 Å². The van der Waals surface area contributed by atoms with Gasteiger partial charge in [-0.1, -0.05) is 18.2 Å². The van der Waals surface area contributed by atoms with Crippen molar-refractivity contribution in [3.8, 4) is 0 Å². The van der Waals surface area contributed by atoms with E-state index in [9.17, 15) is 0 Å². The summed E-state index contributed by atoms with van der Waals surface area (Å²) < 4.78 is 5.13. The third kappa shape index (κ3) is 3.66. The number of aromatic nitrogens is 2. The summed E-state index contributed by atoms with van der Waals surface area (Å²) >= 11 is 0. The predicted octanol–water partition coefficient (Wildman–Crippen LogP) is 3.51. The van der Waals surface area contributed by atoms with Crippen LogP contribution in [0.25, 0.3) is 10.9 Å². The Hall–Kier alpha value is -3.06. The summed E-state index contributed by atoms with van der Waals surface area (Å²) in [6, 6.07) is 12.6. The second-order valence-electron chi connectivity index (χ2n) is 6.73. The average Bonchev–Trinajstić information content (AvgIpc) is 3.13. The summed E-state index contributed by atoms with van der Waals surface area (Å²) in [5.41, 5.74) is 5.57. The molecule has 0 spiro atoms. The molecule has 28 heavy (non-hydrogen) atoms. The lowest BCUT2D eigenvalue weighted by Gasteiger charge is -2.16. The maximum atomic E-state index is 5.13. The average molecular weight is 378 g/mol. The van der Waals surface area contributed by atoms with Gasteiger partial charge in [0.05, 0.1) is 30.2 Å². The highest BCUT2D eigenvalue weighted by Crippen LogP contribution is 2.36. The van der Waals surface area contributed by atoms with E-state index < -0.39 is 0 Å². The number of hydrogen-bond acceptors (Lipinski definition) is 7. The lowest BCUT2D eigenvalue weighted by atomic mass is 10.1. The lowest BCUT2D eigenvalue weighted by molar-refractivity contribution is 0.211.